The first-order valence-corrected chi connectivity index (χ1v) is 7.14. The van der Waals surface area contributed by atoms with Gasteiger partial charge in [0.05, 0.1) is 11.8 Å². The van der Waals surface area contributed by atoms with Crippen LogP contribution in [0.4, 0.5) is 0 Å². The Morgan fingerprint density at radius 2 is 1.90 bits per heavy atom. The number of likely N-dealkylation sites (N-methyl/N-ethyl adjacent to an activating group) is 1. The van der Waals surface area contributed by atoms with Crippen molar-refractivity contribution in [2.45, 2.75) is 12.3 Å². The van der Waals surface area contributed by atoms with E-state index in [2.05, 4.69) is 16.9 Å². The number of nitrogens with one attached hydrogen (secondary N) is 1. The van der Waals surface area contributed by atoms with Crippen LogP contribution >= 0.6 is 0 Å². The molecule has 3 N–H and O–H groups in total. The molecule has 0 spiro atoms. The Bertz CT molecular complexity index is 554. The second-order valence-corrected chi connectivity index (χ2v) is 5.25. The SMILES string of the molecule is CN(CCc1ccccn1)CC(C(=N)N)c1ccccc1. The van der Waals surface area contributed by atoms with Crippen LogP contribution in [-0.4, -0.2) is 35.9 Å². The molecule has 0 bridgehead atoms. The zero-order valence-corrected chi connectivity index (χ0v) is 12.4. The highest BCUT2D eigenvalue weighted by Crippen LogP contribution is 2.16. The molecule has 1 heterocycles. The molecule has 0 saturated heterocycles. The molecular formula is C17H22N4. The first-order chi connectivity index (χ1) is 10.2. The molecule has 0 fully saturated rings. The summed E-state index contributed by atoms with van der Waals surface area (Å²) in [6.45, 7) is 1.64. The average molecular weight is 282 g/mol. The van der Waals surface area contributed by atoms with Gasteiger partial charge in [0.25, 0.3) is 0 Å². The van der Waals surface area contributed by atoms with E-state index in [-0.39, 0.29) is 11.8 Å². The highest BCUT2D eigenvalue weighted by atomic mass is 15.1. The maximum Gasteiger partial charge on any atom is 0.0995 e. The Morgan fingerprint density at radius 3 is 2.52 bits per heavy atom. The van der Waals surface area contributed by atoms with E-state index in [1.165, 1.54) is 0 Å². The lowest BCUT2D eigenvalue weighted by Crippen LogP contribution is -2.33. The van der Waals surface area contributed by atoms with Crippen LogP contribution < -0.4 is 5.73 Å². The third kappa shape index (κ3) is 4.68. The molecule has 0 aliphatic carbocycles. The summed E-state index contributed by atoms with van der Waals surface area (Å²) in [6.07, 6.45) is 2.72. The molecule has 110 valence electrons. The number of amidine groups is 1. The van der Waals surface area contributed by atoms with Gasteiger partial charge in [0.15, 0.2) is 0 Å². The van der Waals surface area contributed by atoms with Crippen molar-refractivity contribution in [2.24, 2.45) is 5.73 Å². The molecule has 2 aromatic rings. The van der Waals surface area contributed by atoms with Crippen LogP contribution in [0, 0.1) is 5.41 Å². The van der Waals surface area contributed by atoms with Crippen LogP contribution in [0.25, 0.3) is 0 Å². The van der Waals surface area contributed by atoms with E-state index in [0.29, 0.717) is 0 Å². The zero-order chi connectivity index (χ0) is 15.1. The van der Waals surface area contributed by atoms with Crippen LogP contribution in [0.1, 0.15) is 17.2 Å². The Labute approximate surface area is 126 Å². The molecule has 2 rings (SSSR count). The number of nitrogens with two attached hydrogens (primary N) is 1. The summed E-state index contributed by atoms with van der Waals surface area (Å²) in [5.74, 6) is 0.158. The van der Waals surface area contributed by atoms with Gasteiger partial charge < -0.3 is 10.6 Å². The molecule has 0 aliphatic rings. The highest BCUT2D eigenvalue weighted by Gasteiger charge is 2.16. The second kappa shape index (κ2) is 7.55. The normalized spacial score (nSPS) is 12.3. The summed E-state index contributed by atoms with van der Waals surface area (Å²) in [6, 6.07) is 16.0. The summed E-state index contributed by atoms with van der Waals surface area (Å²) in [7, 11) is 2.06. The van der Waals surface area contributed by atoms with Crippen LogP contribution in [0.3, 0.4) is 0 Å². The minimum atomic E-state index is -0.0556. The number of benzene rings is 1. The Morgan fingerprint density at radius 1 is 1.19 bits per heavy atom. The topological polar surface area (TPSA) is 66.0 Å². The Hall–Kier alpha value is -2.20. The number of aromatic nitrogens is 1. The van der Waals surface area contributed by atoms with Gasteiger partial charge in [-0.25, -0.2) is 0 Å². The smallest absolute Gasteiger partial charge is 0.0995 e. The fraction of sp³-hybridized carbons (Fsp3) is 0.294. The molecule has 1 aromatic carbocycles. The molecule has 0 saturated carbocycles. The third-order valence-electron chi connectivity index (χ3n) is 3.55. The number of pyridine rings is 1. The van der Waals surface area contributed by atoms with Crippen LogP contribution in [0.15, 0.2) is 54.7 Å². The molecular weight excluding hydrogens is 260 g/mol. The highest BCUT2D eigenvalue weighted by molar-refractivity contribution is 5.84. The summed E-state index contributed by atoms with van der Waals surface area (Å²) in [5, 5.41) is 7.82. The average Bonchev–Trinajstić information content (AvgIpc) is 2.52. The monoisotopic (exact) mass is 282 g/mol. The van der Waals surface area contributed by atoms with Gasteiger partial charge in [-0.1, -0.05) is 36.4 Å². The van der Waals surface area contributed by atoms with E-state index >= 15 is 0 Å². The summed E-state index contributed by atoms with van der Waals surface area (Å²) < 4.78 is 0. The molecule has 4 nitrogen and oxygen atoms in total. The largest absolute Gasteiger partial charge is 0.387 e. The lowest BCUT2D eigenvalue weighted by molar-refractivity contribution is 0.333. The summed E-state index contributed by atoms with van der Waals surface area (Å²) >= 11 is 0. The van der Waals surface area contributed by atoms with Crippen molar-refractivity contribution >= 4 is 5.84 Å². The maximum absolute atomic E-state index is 7.82. The van der Waals surface area contributed by atoms with Crippen molar-refractivity contribution < 1.29 is 0 Å². The van der Waals surface area contributed by atoms with Crippen LogP contribution in [0.2, 0.25) is 0 Å². The van der Waals surface area contributed by atoms with E-state index in [4.69, 9.17) is 11.1 Å². The predicted molar refractivity (Wildman–Crippen MR) is 86.5 cm³/mol. The zero-order valence-electron chi connectivity index (χ0n) is 12.4. The Balaban J connectivity index is 1.93. The van der Waals surface area contributed by atoms with E-state index in [0.717, 1.165) is 30.8 Å². The van der Waals surface area contributed by atoms with E-state index < -0.39 is 0 Å². The first kappa shape index (κ1) is 15.2. The van der Waals surface area contributed by atoms with Crippen LogP contribution in [-0.2, 0) is 6.42 Å². The fourth-order valence-electron chi connectivity index (χ4n) is 2.32. The lowest BCUT2D eigenvalue weighted by atomic mass is 9.97. The molecule has 21 heavy (non-hydrogen) atoms. The van der Waals surface area contributed by atoms with Crippen LogP contribution in [0.5, 0.6) is 0 Å². The first-order valence-electron chi connectivity index (χ1n) is 7.14. The summed E-state index contributed by atoms with van der Waals surface area (Å²) in [4.78, 5) is 6.53. The van der Waals surface area contributed by atoms with Gasteiger partial charge in [0.2, 0.25) is 0 Å². The molecule has 0 amide bonds. The number of rotatable bonds is 7. The number of hydrogen-bond acceptors (Lipinski definition) is 3. The minimum Gasteiger partial charge on any atom is -0.387 e. The van der Waals surface area contributed by atoms with Gasteiger partial charge in [-0.3, -0.25) is 10.4 Å². The molecule has 0 aliphatic heterocycles. The molecule has 0 radical (unpaired) electrons. The number of hydrogen-bond donors (Lipinski definition) is 2. The maximum atomic E-state index is 7.82. The van der Waals surface area contributed by atoms with Crippen molar-refractivity contribution in [3.63, 3.8) is 0 Å². The van der Waals surface area contributed by atoms with Gasteiger partial charge >= 0.3 is 0 Å². The molecule has 4 heteroatoms. The number of nitrogens with zero attached hydrogens (tertiary/aromatic N) is 2. The van der Waals surface area contributed by atoms with E-state index in [1.807, 2.05) is 54.7 Å². The molecule has 1 aromatic heterocycles. The molecule has 1 unspecified atom stereocenters. The molecule has 1 atom stereocenters. The second-order valence-electron chi connectivity index (χ2n) is 5.25. The summed E-state index contributed by atoms with van der Waals surface area (Å²) in [5.41, 5.74) is 7.95. The van der Waals surface area contributed by atoms with Gasteiger partial charge in [0, 0.05) is 31.4 Å². The van der Waals surface area contributed by atoms with Crippen molar-refractivity contribution in [3.8, 4) is 0 Å². The van der Waals surface area contributed by atoms with Crippen molar-refractivity contribution in [1.82, 2.24) is 9.88 Å². The van der Waals surface area contributed by atoms with Gasteiger partial charge in [0.1, 0.15) is 0 Å². The fourth-order valence-corrected chi connectivity index (χ4v) is 2.32. The van der Waals surface area contributed by atoms with Crippen molar-refractivity contribution in [2.75, 3.05) is 20.1 Å². The lowest BCUT2D eigenvalue weighted by Gasteiger charge is -2.23. The standard InChI is InChI=1S/C17H22N4/c1-21(12-10-15-9-5-6-11-20-15)13-16(17(18)19)14-7-3-2-4-8-14/h2-9,11,16H,10,12-13H2,1H3,(H3,18,19). The van der Waals surface area contributed by atoms with Gasteiger partial charge in [-0.15, -0.1) is 0 Å². The minimum absolute atomic E-state index is 0.0556. The van der Waals surface area contributed by atoms with Gasteiger partial charge in [-0.2, -0.15) is 0 Å². The third-order valence-corrected chi connectivity index (χ3v) is 3.55. The predicted octanol–water partition coefficient (Wildman–Crippen LogP) is 2.28. The quantitative estimate of drug-likeness (QED) is 0.605. The van der Waals surface area contributed by atoms with E-state index in [9.17, 15) is 0 Å². The van der Waals surface area contributed by atoms with Crippen molar-refractivity contribution in [3.05, 3.63) is 66.0 Å². The Kier molecular flexibility index (Phi) is 5.46. The van der Waals surface area contributed by atoms with Gasteiger partial charge in [-0.05, 0) is 24.7 Å². The van der Waals surface area contributed by atoms with E-state index in [1.54, 1.807) is 0 Å². The van der Waals surface area contributed by atoms with Crippen molar-refractivity contribution in [1.29, 1.82) is 5.41 Å².